The van der Waals surface area contributed by atoms with Crippen molar-refractivity contribution in [3.63, 3.8) is 0 Å². The molecule has 0 fully saturated rings. The quantitative estimate of drug-likeness (QED) is 0.292. The van der Waals surface area contributed by atoms with Crippen molar-refractivity contribution < 1.29 is 9.94 Å². The highest BCUT2D eigenvalue weighted by Gasteiger charge is 2.28. The van der Waals surface area contributed by atoms with E-state index in [1.807, 2.05) is 27.7 Å². The van der Waals surface area contributed by atoms with Crippen LogP contribution in [0.15, 0.2) is 5.16 Å². The summed E-state index contributed by atoms with van der Waals surface area (Å²) in [5.74, 6) is 0.129. The van der Waals surface area contributed by atoms with E-state index in [4.69, 9.17) is 15.7 Å². The van der Waals surface area contributed by atoms with Crippen molar-refractivity contribution in [2.24, 2.45) is 16.3 Å². The van der Waals surface area contributed by atoms with Gasteiger partial charge in [-0.1, -0.05) is 25.9 Å². The van der Waals surface area contributed by atoms with Gasteiger partial charge in [-0.2, -0.15) is 0 Å². The Morgan fingerprint density at radius 3 is 2.33 bits per heavy atom. The molecule has 0 amide bonds. The summed E-state index contributed by atoms with van der Waals surface area (Å²) >= 11 is 0. The fraction of sp³-hybridized carbons (Fsp3) is 0.875. The Balaban J connectivity index is 4.44. The smallest absolute Gasteiger partial charge is 0.168 e. The highest BCUT2D eigenvalue weighted by atomic mass is 16.5. The zero-order valence-electron chi connectivity index (χ0n) is 8.16. The predicted octanol–water partition coefficient (Wildman–Crippen LogP) is 1.18. The number of hydrogen-bond donors (Lipinski definition) is 2. The maximum absolute atomic E-state index is 8.48. The molecular weight excluding hydrogens is 156 g/mol. The van der Waals surface area contributed by atoms with Gasteiger partial charge in [0.1, 0.15) is 6.10 Å². The number of hydrogen-bond acceptors (Lipinski definition) is 3. The van der Waals surface area contributed by atoms with E-state index in [1.54, 1.807) is 0 Å². The van der Waals surface area contributed by atoms with E-state index >= 15 is 0 Å². The van der Waals surface area contributed by atoms with Gasteiger partial charge < -0.3 is 15.7 Å². The van der Waals surface area contributed by atoms with Crippen LogP contribution in [0.1, 0.15) is 27.7 Å². The number of rotatable bonds is 3. The molecule has 0 saturated carbocycles. The summed E-state index contributed by atoms with van der Waals surface area (Å²) in [6.07, 6.45) is -0.326. The molecule has 1 atom stereocenters. The fourth-order valence-corrected chi connectivity index (χ4v) is 0.998. The Kier molecular flexibility index (Phi) is 4.03. The summed E-state index contributed by atoms with van der Waals surface area (Å²) in [6.45, 7) is 8.36. The monoisotopic (exact) mass is 174 g/mol. The summed E-state index contributed by atoms with van der Waals surface area (Å²) in [5.41, 5.74) is 5.32. The first-order valence-electron chi connectivity index (χ1n) is 4.02. The van der Waals surface area contributed by atoms with Gasteiger partial charge in [0.2, 0.25) is 0 Å². The lowest BCUT2D eigenvalue weighted by atomic mass is 9.88. The van der Waals surface area contributed by atoms with Crippen LogP contribution in [0.3, 0.4) is 0 Å². The average Bonchev–Trinajstić information content (AvgIpc) is 1.96. The molecule has 0 bridgehead atoms. The summed E-state index contributed by atoms with van der Waals surface area (Å²) in [4.78, 5) is 0. The lowest BCUT2D eigenvalue weighted by molar-refractivity contribution is 0.0333. The molecule has 0 saturated heterocycles. The number of amidine groups is 1. The van der Waals surface area contributed by atoms with Crippen LogP contribution in [0, 0.1) is 5.41 Å². The third-order valence-corrected chi connectivity index (χ3v) is 1.50. The molecule has 0 rings (SSSR count). The van der Waals surface area contributed by atoms with Gasteiger partial charge in [0, 0.05) is 6.61 Å². The molecule has 12 heavy (non-hydrogen) atoms. The maximum Gasteiger partial charge on any atom is 0.168 e. The van der Waals surface area contributed by atoms with Crippen molar-refractivity contribution in [1.29, 1.82) is 0 Å². The van der Waals surface area contributed by atoms with Crippen LogP contribution in [-0.4, -0.2) is 23.8 Å². The van der Waals surface area contributed by atoms with Gasteiger partial charge in [0.05, 0.1) is 0 Å². The van der Waals surface area contributed by atoms with E-state index in [0.717, 1.165) is 0 Å². The molecule has 0 aromatic rings. The van der Waals surface area contributed by atoms with Gasteiger partial charge in [0.25, 0.3) is 0 Å². The van der Waals surface area contributed by atoms with E-state index in [0.29, 0.717) is 6.61 Å². The van der Waals surface area contributed by atoms with Crippen LogP contribution in [0.2, 0.25) is 0 Å². The molecule has 4 nitrogen and oxygen atoms in total. The summed E-state index contributed by atoms with van der Waals surface area (Å²) < 4.78 is 5.34. The van der Waals surface area contributed by atoms with E-state index in [9.17, 15) is 0 Å². The van der Waals surface area contributed by atoms with Crippen LogP contribution in [0.4, 0.5) is 0 Å². The van der Waals surface area contributed by atoms with E-state index in [1.165, 1.54) is 0 Å². The number of nitrogens with two attached hydrogens (primary N) is 1. The zero-order valence-corrected chi connectivity index (χ0v) is 8.16. The molecule has 0 aromatic carbocycles. The number of nitrogens with zero attached hydrogens (tertiary/aromatic N) is 1. The molecule has 3 N–H and O–H groups in total. The highest BCUT2D eigenvalue weighted by Crippen LogP contribution is 2.22. The normalized spacial score (nSPS) is 16.2. The Bertz CT molecular complexity index is 161. The minimum atomic E-state index is -0.326. The Morgan fingerprint density at radius 2 is 2.08 bits per heavy atom. The van der Waals surface area contributed by atoms with Crippen molar-refractivity contribution in [3.8, 4) is 0 Å². The molecule has 4 heteroatoms. The summed E-state index contributed by atoms with van der Waals surface area (Å²) in [6, 6.07) is 0. The van der Waals surface area contributed by atoms with Gasteiger partial charge in [-0.15, -0.1) is 0 Å². The fourth-order valence-electron chi connectivity index (χ4n) is 0.998. The second-order valence-electron chi connectivity index (χ2n) is 3.73. The van der Waals surface area contributed by atoms with Crippen molar-refractivity contribution in [1.82, 2.24) is 0 Å². The first kappa shape index (κ1) is 11.2. The second-order valence-corrected chi connectivity index (χ2v) is 3.73. The maximum atomic E-state index is 8.48. The van der Waals surface area contributed by atoms with E-state index in [-0.39, 0.29) is 17.4 Å². The van der Waals surface area contributed by atoms with Gasteiger partial charge >= 0.3 is 0 Å². The lowest BCUT2D eigenvalue weighted by Gasteiger charge is -2.28. The van der Waals surface area contributed by atoms with Crippen LogP contribution in [-0.2, 0) is 4.74 Å². The largest absolute Gasteiger partial charge is 0.409 e. The lowest BCUT2D eigenvalue weighted by Crippen LogP contribution is -2.41. The van der Waals surface area contributed by atoms with E-state index < -0.39 is 0 Å². The van der Waals surface area contributed by atoms with Crippen molar-refractivity contribution in [3.05, 3.63) is 0 Å². The molecule has 0 radical (unpaired) electrons. The van der Waals surface area contributed by atoms with Crippen LogP contribution in [0.5, 0.6) is 0 Å². The molecule has 0 aliphatic carbocycles. The molecule has 0 aromatic heterocycles. The van der Waals surface area contributed by atoms with Gasteiger partial charge in [-0.25, -0.2) is 0 Å². The third kappa shape index (κ3) is 3.09. The minimum absolute atomic E-state index is 0.129. The summed E-state index contributed by atoms with van der Waals surface area (Å²) in [7, 11) is 0. The van der Waals surface area contributed by atoms with Crippen molar-refractivity contribution >= 4 is 5.84 Å². The predicted molar refractivity (Wildman–Crippen MR) is 48.3 cm³/mol. The Hall–Kier alpha value is -0.770. The van der Waals surface area contributed by atoms with Gasteiger partial charge in [0.15, 0.2) is 5.84 Å². The van der Waals surface area contributed by atoms with Gasteiger partial charge in [-0.3, -0.25) is 0 Å². The van der Waals surface area contributed by atoms with Crippen LogP contribution < -0.4 is 5.73 Å². The Morgan fingerprint density at radius 1 is 1.58 bits per heavy atom. The second kappa shape index (κ2) is 4.30. The van der Waals surface area contributed by atoms with Crippen LogP contribution >= 0.6 is 0 Å². The van der Waals surface area contributed by atoms with Crippen LogP contribution in [0.25, 0.3) is 0 Å². The first-order valence-corrected chi connectivity index (χ1v) is 4.02. The Labute approximate surface area is 73.4 Å². The third-order valence-electron chi connectivity index (χ3n) is 1.50. The minimum Gasteiger partial charge on any atom is -0.409 e. The highest BCUT2D eigenvalue weighted by molar-refractivity contribution is 5.85. The van der Waals surface area contributed by atoms with E-state index in [2.05, 4.69) is 5.16 Å². The molecule has 0 heterocycles. The molecular formula is C8H18N2O2. The zero-order chi connectivity index (χ0) is 9.78. The number of oxime groups is 1. The first-order chi connectivity index (χ1) is 5.43. The topological polar surface area (TPSA) is 67.8 Å². The molecule has 0 aliphatic rings. The van der Waals surface area contributed by atoms with Crippen molar-refractivity contribution in [2.45, 2.75) is 33.8 Å². The molecule has 72 valence electrons. The molecule has 1 unspecified atom stereocenters. The molecule has 0 spiro atoms. The summed E-state index contributed by atoms with van der Waals surface area (Å²) in [5, 5.41) is 11.4. The standard InChI is InChI=1S/C8H18N2O2/c1-5-12-6(7(9)10-11)8(2,3)4/h6,11H,5H2,1-4H3,(H2,9,10). The molecule has 0 aliphatic heterocycles. The van der Waals surface area contributed by atoms with Crippen molar-refractivity contribution in [2.75, 3.05) is 6.61 Å². The number of ether oxygens (including phenoxy) is 1. The average molecular weight is 174 g/mol. The SMILES string of the molecule is CCOC(C(N)=NO)C(C)(C)C. The van der Waals surface area contributed by atoms with Gasteiger partial charge in [-0.05, 0) is 12.3 Å².